The van der Waals surface area contributed by atoms with Gasteiger partial charge in [0, 0.05) is 19.2 Å². The first-order chi connectivity index (χ1) is 6.70. The van der Waals surface area contributed by atoms with E-state index < -0.39 is 6.03 Å². The van der Waals surface area contributed by atoms with Gasteiger partial charge >= 0.3 is 6.03 Å². The lowest BCUT2D eigenvalue weighted by Gasteiger charge is -2.08. The topological polar surface area (TPSA) is 56.5 Å². The van der Waals surface area contributed by atoms with Crippen molar-refractivity contribution in [3.63, 3.8) is 0 Å². The van der Waals surface area contributed by atoms with Crippen molar-refractivity contribution in [1.29, 1.82) is 0 Å². The molecule has 0 aliphatic rings. The third-order valence-corrected chi connectivity index (χ3v) is 1.72. The highest BCUT2D eigenvalue weighted by Gasteiger charge is 2.04. The van der Waals surface area contributed by atoms with Gasteiger partial charge in [0.15, 0.2) is 18.9 Å². The third-order valence-electron chi connectivity index (χ3n) is 1.72. The van der Waals surface area contributed by atoms with Crippen molar-refractivity contribution in [3.8, 4) is 0 Å². The van der Waals surface area contributed by atoms with Crippen LogP contribution < -0.4 is 9.88 Å². The van der Waals surface area contributed by atoms with Crippen LogP contribution in [-0.2, 0) is 6.54 Å². The maximum absolute atomic E-state index is 10.9. The van der Waals surface area contributed by atoms with Crippen LogP contribution in [0.2, 0.25) is 0 Å². The SMILES string of the molecule is CN(O)C(=O)NCC[n+]1ccccc1. The van der Waals surface area contributed by atoms with E-state index >= 15 is 0 Å². The number of hydroxylamine groups is 2. The largest absolute Gasteiger partial charge is 0.341 e. The first-order valence-electron chi connectivity index (χ1n) is 4.34. The van der Waals surface area contributed by atoms with E-state index in [0.29, 0.717) is 18.2 Å². The van der Waals surface area contributed by atoms with Crippen LogP contribution in [0.3, 0.4) is 0 Å². The summed E-state index contributed by atoms with van der Waals surface area (Å²) in [5.74, 6) is 0. The third kappa shape index (κ3) is 3.40. The van der Waals surface area contributed by atoms with Crippen molar-refractivity contribution in [3.05, 3.63) is 30.6 Å². The number of urea groups is 1. The van der Waals surface area contributed by atoms with Crippen LogP contribution >= 0.6 is 0 Å². The van der Waals surface area contributed by atoms with E-state index in [2.05, 4.69) is 5.32 Å². The Labute approximate surface area is 82.5 Å². The van der Waals surface area contributed by atoms with Gasteiger partial charge in [-0.2, -0.15) is 0 Å². The van der Waals surface area contributed by atoms with Gasteiger partial charge in [0.25, 0.3) is 0 Å². The molecule has 76 valence electrons. The number of carbonyl (C=O) groups excluding carboxylic acids is 1. The average Bonchev–Trinajstić information content (AvgIpc) is 2.19. The zero-order valence-electron chi connectivity index (χ0n) is 8.05. The summed E-state index contributed by atoms with van der Waals surface area (Å²) in [6.45, 7) is 1.17. The molecule has 1 heterocycles. The Kier molecular flexibility index (Phi) is 3.87. The van der Waals surface area contributed by atoms with E-state index in [1.54, 1.807) is 0 Å². The zero-order chi connectivity index (χ0) is 10.4. The number of aromatic nitrogens is 1. The number of rotatable bonds is 3. The van der Waals surface area contributed by atoms with Crippen molar-refractivity contribution < 1.29 is 14.6 Å². The van der Waals surface area contributed by atoms with E-state index in [-0.39, 0.29) is 0 Å². The van der Waals surface area contributed by atoms with Crippen LogP contribution in [0.4, 0.5) is 4.79 Å². The van der Waals surface area contributed by atoms with Gasteiger partial charge in [-0.25, -0.2) is 14.4 Å². The van der Waals surface area contributed by atoms with Gasteiger partial charge in [-0.1, -0.05) is 6.07 Å². The summed E-state index contributed by atoms with van der Waals surface area (Å²) in [5.41, 5.74) is 0. The molecule has 2 amide bonds. The summed E-state index contributed by atoms with van der Waals surface area (Å²) >= 11 is 0. The number of nitrogens with zero attached hydrogens (tertiary/aromatic N) is 2. The van der Waals surface area contributed by atoms with Crippen LogP contribution in [0, 0.1) is 0 Å². The molecule has 0 bridgehead atoms. The zero-order valence-corrected chi connectivity index (χ0v) is 8.05. The summed E-state index contributed by atoms with van der Waals surface area (Å²) in [7, 11) is 1.28. The molecule has 0 unspecified atom stereocenters. The summed E-state index contributed by atoms with van der Waals surface area (Å²) < 4.78 is 1.94. The van der Waals surface area contributed by atoms with E-state index in [9.17, 15) is 4.79 Å². The Balaban J connectivity index is 2.26. The first-order valence-corrected chi connectivity index (χ1v) is 4.34. The number of hydrogen-bond acceptors (Lipinski definition) is 2. The minimum Gasteiger partial charge on any atom is -0.330 e. The maximum Gasteiger partial charge on any atom is 0.341 e. The fourth-order valence-corrected chi connectivity index (χ4v) is 0.990. The quantitative estimate of drug-likeness (QED) is 0.406. The van der Waals surface area contributed by atoms with Crippen molar-refractivity contribution in [2.75, 3.05) is 13.6 Å². The number of carbonyl (C=O) groups is 1. The highest BCUT2D eigenvalue weighted by molar-refractivity contribution is 5.72. The summed E-state index contributed by atoms with van der Waals surface area (Å²) in [6.07, 6.45) is 3.82. The van der Waals surface area contributed by atoms with E-state index in [1.807, 2.05) is 35.2 Å². The molecule has 0 spiro atoms. The van der Waals surface area contributed by atoms with Crippen LogP contribution in [0.25, 0.3) is 0 Å². The molecule has 14 heavy (non-hydrogen) atoms. The van der Waals surface area contributed by atoms with E-state index in [1.165, 1.54) is 7.05 Å². The number of pyridine rings is 1. The Bertz CT molecular complexity index is 287. The molecule has 5 heteroatoms. The molecular weight excluding hydrogens is 182 g/mol. The molecule has 0 atom stereocenters. The van der Waals surface area contributed by atoms with Crippen LogP contribution in [-0.4, -0.2) is 29.9 Å². The first kappa shape index (κ1) is 10.5. The smallest absolute Gasteiger partial charge is 0.330 e. The molecule has 2 N–H and O–H groups in total. The summed E-state index contributed by atoms with van der Waals surface area (Å²) in [5, 5.41) is 11.8. The Morgan fingerprint density at radius 1 is 1.43 bits per heavy atom. The lowest BCUT2D eigenvalue weighted by molar-refractivity contribution is -0.694. The predicted octanol–water partition coefficient (Wildman–Crippen LogP) is 0.00470. The number of nitrogens with one attached hydrogen (secondary N) is 1. The summed E-state index contributed by atoms with van der Waals surface area (Å²) in [6, 6.07) is 5.26. The van der Waals surface area contributed by atoms with Crippen LogP contribution in [0.5, 0.6) is 0 Å². The van der Waals surface area contributed by atoms with E-state index in [0.717, 1.165) is 0 Å². The standard InChI is InChI=1S/C9H13N3O2/c1-11(14)9(13)10-5-8-12-6-3-2-4-7-12/h2-4,6-7,14H,5,8H2,1H3/p+1. The van der Waals surface area contributed by atoms with Crippen LogP contribution in [0.1, 0.15) is 0 Å². The molecular formula is C9H14N3O2+. The molecule has 0 fully saturated rings. The molecule has 1 aromatic rings. The maximum atomic E-state index is 10.9. The highest BCUT2D eigenvalue weighted by atomic mass is 16.5. The van der Waals surface area contributed by atoms with Gasteiger partial charge in [-0.3, -0.25) is 5.21 Å². The second kappa shape index (κ2) is 5.18. The lowest BCUT2D eigenvalue weighted by atomic mass is 10.5. The molecule has 0 aromatic carbocycles. The Morgan fingerprint density at radius 2 is 2.07 bits per heavy atom. The molecule has 0 aliphatic carbocycles. The molecule has 1 rings (SSSR count). The fourth-order valence-electron chi connectivity index (χ4n) is 0.990. The van der Waals surface area contributed by atoms with Gasteiger partial charge < -0.3 is 5.32 Å². The monoisotopic (exact) mass is 196 g/mol. The summed E-state index contributed by atoms with van der Waals surface area (Å²) in [4.78, 5) is 10.9. The molecule has 0 saturated heterocycles. The minimum atomic E-state index is -0.499. The molecule has 5 nitrogen and oxygen atoms in total. The normalized spacial score (nSPS) is 9.57. The second-order valence-corrected chi connectivity index (χ2v) is 2.87. The van der Waals surface area contributed by atoms with Crippen molar-refractivity contribution in [2.45, 2.75) is 6.54 Å². The van der Waals surface area contributed by atoms with Gasteiger partial charge in [0.05, 0.1) is 6.54 Å². The molecule has 0 aliphatic heterocycles. The lowest BCUT2D eigenvalue weighted by Crippen LogP contribution is -2.42. The predicted molar refractivity (Wildman–Crippen MR) is 49.6 cm³/mol. The van der Waals surface area contributed by atoms with Gasteiger partial charge in [-0.15, -0.1) is 0 Å². The molecule has 1 aromatic heterocycles. The number of amides is 2. The molecule has 0 radical (unpaired) electrons. The Morgan fingerprint density at radius 3 is 2.64 bits per heavy atom. The number of hydrogen-bond donors (Lipinski definition) is 2. The highest BCUT2D eigenvalue weighted by Crippen LogP contribution is 1.78. The van der Waals surface area contributed by atoms with Crippen LogP contribution in [0.15, 0.2) is 30.6 Å². The van der Waals surface area contributed by atoms with Gasteiger partial charge in [0.2, 0.25) is 0 Å². The Hall–Kier alpha value is -1.62. The molecule has 0 saturated carbocycles. The van der Waals surface area contributed by atoms with E-state index in [4.69, 9.17) is 5.21 Å². The minimum absolute atomic E-state index is 0.485. The van der Waals surface area contributed by atoms with Crippen molar-refractivity contribution >= 4 is 6.03 Å². The van der Waals surface area contributed by atoms with Crippen molar-refractivity contribution in [2.24, 2.45) is 0 Å². The van der Waals surface area contributed by atoms with Crippen molar-refractivity contribution in [1.82, 2.24) is 10.4 Å². The van der Waals surface area contributed by atoms with Gasteiger partial charge in [-0.05, 0) is 0 Å². The fraction of sp³-hybridized carbons (Fsp3) is 0.333. The average molecular weight is 196 g/mol. The second-order valence-electron chi connectivity index (χ2n) is 2.87. The van der Waals surface area contributed by atoms with Gasteiger partial charge in [0.1, 0.15) is 0 Å².